The normalized spacial score (nSPS) is 11.9. The molecule has 10 heteroatoms. The number of hydrogen-bond acceptors (Lipinski definition) is 4. The van der Waals surface area contributed by atoms with Gasteiger partial charge in [0.1, 0.15) is 11.6 Å². The molecular weight excluding hydrogens is 293 g/mol. The molecule has 0 atom stereocenters. The number of nitrogens with two attached hydrogens (primary N) is 1. The van der Waals surface area contributed by atoms with E-state index in [0.29, 0.717) is 0 Å². The molecule has 1 rings (SSSR count). The molecule has 0 heterocycles. The summed E-state index contributed by atoms with van der Waals surface area (Å²) in [4.78, 5) is 11.4. The Kier molecular flexibility index (Phi) is 5.64. The van der Waals surface area contributed by atoms with Gasteiger partial charge in [-0.2, -0.15) is 0 Å². The molecule has 1 aromatic rings. The SMILES string of the molecule is N/C(CCNC(=O)Nc1ccc(OC(F)(F)F)cc1)=N/O. The van der Waals surface area contributed by atoms with Crippen molar-refractivity contribution < 1.29 is 27.9 Å². The fourth-order valence-electron chi connectivity index (χ4n) is 1.27. The molecule has 0 bridgehead atoms. The highest BCUT2D eigenvalue weighted by Gasteiger charge is 2.30. The first-order valence-electron chi connectivity index (χ1n) is 5.67. The third kappa shape index (κ3) is 6.89. The second-order valence-electron chi connectivity index (χ2n) is 3.79. The number of carbonyl (C=O) groups excluding carboxylic acids is 1. The number of amides is 2. The lowest BCUT2D eigenvalue weighted by Crippen LogP contribution is -2.31. The lowest BCUT2D eigenvalue weighted by molar-refractivity contribution is -0.274. The number of halogens is 3. The third-order valence-electron chi connectivity index (χ3n) is 2.14. The monoisotopic (exact) mass is 306 g/mol. The number of anilines is 1. The van der Waals surface area contributed by atoms with E-state index in [1.54, 1.807) is 0 Å². The summed E-state index contributed by atoms with van der Waals surface area (Å²) in [6, 6.07) is 4.07. The highest BCUT2D eigenvalue weighted by Crippen LogP contribution is 2.23. The molecule has 116 valence electrons. The Labute approximate surface area is 117 Å². The van der Waals surface area contributed by atoms with E-state index < -0.39 is 12.4 Å². The van der Waals surface area contributed by atoms with Gasteiger partial charge in [-0.3, -0.25) is 0 Å². The van der Waals surface area contributed by atoms with E-state index in [-0.39, 0.29) is 30.2 Å². The van der Waals surface area contributed by atoms with Crippen LogP contribution < -0.4 is 21.1 Å². The number of ether oxygens (including phenoxy) is 1. The molecule has 2 amide bonds. The van der Waals surface area contributed by atoms with Crippen LogP contribution in [0, 0.1) is 0 Å². The first-order valence-corrected chi connectivity index (χ1v) is 5.67. The van der Waals surface area contributed by atoms with Crippen molar-refractivity contribution in [2.24, 2.45) is 10.9 Å². The number of nitrogens with zero attached hydrogens (tertiary/aromatic N) is 1. The Balaban J connectivity index is 2.43. The Morgan fingerprint density at radius 2 is 1.95 bits per heavy atom. The van der Waals surface area contributed by atoms with Crippen molar-refractivity contribution in [2.75, 3.05) is 11.9 Å². The fourth-order valence-corrected chi connectivity index (χ4v) is 1.27. The molecule has 0 radical (unpaired) electrons. The highest BCUT2D eigenvalue weighted by atomic mass is 19.4. The predicted octanol–water partition coefficient (Wildman–Crippen LogP) is 1.84. The maximum absolute atomic E-state index is 11.9. The van der Waals surface area contributed by atoms with Crippen molar-refractivity contribution >= 4 is 17.6 Å². The summed E-state index contributed by atoms with van der Waals surface area (Å²) >= 11 is 0. The van der Waals surface area contributed by atoms with Gasteiger partial charge in [-0.15, -0.1) is 13.2 Å². The van der Waals surface area contributed by atoms with Gasteiger partial charge in [-0.1, -0.05) is 5.16 Å². The Morgan fingerprint density at radius 1 is 1.33 bits per heavy atom. The van der Waals surface area contributed by atoms with Crippen LogP contribution in [0.1, 0.15) is 6.42 Å². The summed E-state index contributed by atoms with van der Waals surface area (Å²) < 4.78 is 39.5. The van der Waals surface area contributed by atoms with Crippen LogP contribution in [0.15, 0.2) is 29.4 Å². The second kappa shape index (κ2) is 7.22. The summed E-state index contributed by atoms with van der Waals surface area (Å²) in [6.45, 7) is 0.136. The number of nitrogens with one attached hydrogen (secondary N) is 2. The number of rotatable bonds is 5. The molecule has 0 aromatic heterocycles. The standard InChI is InChI=1S/C11H13F3N4O3/c12-11(13,14)21-8-3-1-7(2-4-8)17-10(19)16-6-5-9(15)18-20/h1-4,20H,5-6H2,(H2,15,18)(H2,16,17,19). The molecule has 0 unspecified atom stereocenters. The molecule has 0 aliphatic rings. The molecule has 0 saturated carbocycles. The van der Waals surface area contributed by atoms with Gasteiger partial charge in [0.2, 0.25) is 0 Å². The molecule has 1 aromatic carbocycles. The number of hydrogen-bond donors (Lipinski definition) is 4. The first-order chi connectivity index (χ1) is 9.80. The zero-order chi connectivity index (χ0) is 15.9. The minimum atomic E-state index is -4.76. The maximum atomic E-state index is 11.9. The maximum Gasteiger partial charge on any atom is 0.573 e. The first kappa shape index (κ1) is 16.4. The van der Waals surface area contributed by atoms with Gasteiger partial charge in [0.25, 0.3) is 0 Å². The van der Waals surface area contributed by atoms with Gasteiger partial charge in [0, 0.05) is 18.7 Å². The summed E-state index contributed by atoms with van der Waals surface area (Å²) in [5.41, 5.74) is 5.48. The van der Waals surface area contributed by atoms with E-state index in [9.17, 15) is 18.0 Å². The Bertz CT molecular complexity index is 502. The van der Waals surface area contributed by atoms with Crippen molar-refractivity contribution in [3.8, 4) is 5.75 Å². The number of benzene rings is 1. The molecule has 0 aliphatic carbocycles. The van der Waals surface area contributed by atoms with E-state index in [0.717, 1.165) is 12.1 Å². The van der Waals surface area contributed by atoms with Crippen LogP contribution in [0.3, 0.4) is 0 Å². The fraction of sp³-hybridized carbons (Fsp3) is 0.273. The van der Waals surface area contributed by atoms with Gasteiger partial charge in [0.05, 0.1) is 0 Å². The Hall–Kier alpha value is -2.65. The van der Waals surface area contributed by atoms with Crippen molar-refractivity contribution in [3.05, 3.63) is 24.3 Å². The zero-order valence-electron chi connectivity index (χ0n) is 10.6. The summed E-state index contributed by atoms with van der Waals surface area (Å²) in [5.74, 6) is -0.427. The lowest BCUT2D eigenvalue weighted by atomic mass is 10.3. The van der Waals surface area contributed by atoms with Gasteiger partial charge in [0.15, 0.2) is 0 Å². The third-order valence-corrected chi connectivity index (χ3v) is 2.14. The largest absolute Gasteiger partial charge is 0.573 e. The number of alkyl halides is 3. The smallest absolute Gasteiger partial charge is 0.409 e. The molecule has 0 spiro atoms. The number of urea groups is 1. The average Bonchev–Trinajstić information content (AvgIpc) is 2.39. The van der Waals surface area contributed by atoms with Gasteiger partial charge in [-0.25, -0.2) is 4.79 Å². The van der Waals surface area contributed by atoms with E-state index in [2.05, 4.69) is 20.5 Å². The molecule has 0 fully saturated rings. The molecule has 0 saturated heterocycles. The molecule has 0 aliphatic heterocycles. The average molecular weight is 306 g/mol. The van der Waals surface area contributed by atoms with Crippen molar-refractivity contribution in [1.29, 1.82) is 0 Å². The van der Waals surface area contributed by atoms with Crippen LogP contribution in [0.2, 0.25) is 0 Å². The van der Waals surface area contributed by atoms with Gasteiger partial charge >= 0.3 is 12.4 Å². The minimum Gasteiger partial charge on any atom is -0.409 e. The van der Waals surface area contributed by atoms with Gasteiger partial charge in [-0.05, 0) is 24.3 Å². The highest BCUT2D eigenvalue weighted by molar-refractivity contribution is 5.89. The van der Waals surface area contributed by atoms with Crippen LogP contribution in [0.25, 0.3) is 0 Å². The van der Waals surface area contributed by atoms with Crippen molar-refractivity contribution in [2.45, 2.75) is 12.8 Å². The van der Waals surface area contributed by atoms with Crippen LogP contribution in [-0.2, 0) is 0 Å². The zero-order valence-corrected chi connectivity index (χ0v) is 10.6. The van der Waals surface area contributed by atoms with Gasteiger partial charge < -0.3 is 26.3 Å². The lowest BCUT2D eigenvalue weighted by Gasteiger charge is -2.10. The topological polar surface area (TPSA) is 109 Å². The molecule has 5 N–H and O–H groups in total. The van der Waals surface area contributed by atoms with Crippen molar-refractivity contribution in [3.63, 3.8) is 0 Å². The Morgan fingerprint density at radius 3 is 2.48 bits per heavy atom. The minimum absolute atomic E-state index is 0.0380. The van der Waals surface area contributed by atoms with E-state index >= 15 is 0 Å². The van der Waals surface area contributed by atoms with E-state index in [4.69, 9.17) is 10.9 Å². The molecular formula is C11H13F3N4O3. The van der Waals surface area contributed by atoms with Crippen LogP contribution in [0.4, 0.5) is 23.7 Å². The summed E-state index contributed by atoms with van der Waals surface area (Å²) in [6.07, 6.45) is -4.61. The second-order valence-corrected chi connectivity index (χ2v) is 3.79. The van der Waals surface area contributed by atoms with Crippen LogP contribution in [-0.4, -0.2) is 30.0 Å². The number of oxime groups is 1. The number of carbonyl (C=O) groups is 1. The van der Waals surface area contributed by atoms with Crippen LogP contribution in [0.5, 0.6) is 5.75 Å². The summed E-state index contributed by atoms with van der Waals surface area (Å²) in [5, 5.41) is 15.8. The quantitative estimate of drug-likeness (QED) is 0.288. The van der Waals surface area contributed by atoms with Crippen LogP contribution >= 0.6 is 0 Å². The number of amidine groups is 1. The predicted molar refractivity (Wildman–Crippen MR) is 68.2 cm³/mol. The van der Waals surface area contributed by atoms with E-state index in [1.807, 2.05) is 0 Å². The summed E-state index contributed by atoms with van der Waals surface area (Å²) in [7, 11) is 0. The van der Waals surface area contributed by atoms with E-state index in [1.165, 1.54) is 12.1 Å². The molecule has 7 nitrogen and oxygen atoms in total. The van der Waals surface area contributed by atoms with Crippen molar-refractivity contribution in [1.82, 2.24) is 5.32 Å². The molecule has 21 heavy (non-hydrogen) atoms.